The molecule has 0 amide bonds. The molecule has 0 aliphatic rings. The van der Waals surface area contributed by atoms with Gasteiger partial charge in [0.1, 0.15) is 0 Å². The van der Waals surface area contributed by atoms with E-state index in [-0.39, 0.29) is 0 Å². The molecule has 1 atom stereocenters. The summed E-state index contributed by atoms with van der Waals surface area (Å²) in [6.07, 6.45) is 7.31. The van der Waals surface area contributed by atoms with Crippen molar-refractivity contribution in [1.29, 1.82) is 0 Å². The lowest BCUT2D eigenvalue weighted by Gasteiger charge is -2.14. The van der Waals surface area contributed by atoms with Gasteiger partial charge in [-0.3, -0.25) is 4.98 Å². The summed E-state index contributed by atoms with van der Waals surface area (Å²) in [6, 6.07) is 9.21. The highest BCUT2D eigenvalue weighted by Gasteiger charge is 2.05. The minimum atomic E-state index is 0.618. The molecule has 1 aromatic heterocycles. The first-order chi connectivity index (χ1) is 8.35. The first-order valence-electron chi connectivity index (χ1n) is 6.34. The summed E-state index contributed by atoms with van der Waals surface area (Å²) in [5, 5.41) is 5.94. The van der Waals surface area contributed by atoms with Gasteiger partial charge >= 0.3 is 0 Å². The Hall–Kier alpha value is -1.41. The Labute approximate surface area is 103 Å². The van der Waals surface area contributed by atoms with Crippen molar-refractivity contribution < 1.29 is 0 Å². The van der Waals surface area contributed by atoms with Gasteiger partial charge in [0.05, 0.1) is 0 Å². The van der Waals surface area contributed by atoms with E-state index in [1.165, 1.54) is 29.2 Å². The maximum Gasteiger partial charge on any atom is 0.0346 e. The summed E-state index contributed by atoms with van der Waals surface area (Å²) in [5.74, 6) is 0. The zero-order valence-electron chi connectivity index (χ0n) is 10.6. The Balaban J connectivity index is 2.18. The van der Waals surface area contributed by atoms with Crippen LogP contribution in [0.5, 0.6) is 0 Å². The zero-order valence-corrected chi connectivity index (χ0v) is 10.6. The number of rotatable bonds is 5. The zero-order chi connectivity index (χ0) is 12.1. The fraction of sp³-hybridized carbons (Fsp3) is 0.400. The van der Waals surface area contributed by atoms with Crippen LogP contribution in [0.1, 0.15) is 25.3 Å². The van der Waals surface area contributed by atoms with Crippen molar-refractivity contribution in [2.45, 2.75) is 32.2 Å². The Bertz CT molecular complexity index is 470. The normalized spacial score (nSPS) is 12.8. The number of fused-ring (bicyclic) bond motifs is 1. The van der Waals surface area contributed by atoms with Crippen LogP contribution in [-0.2, 0) is 6.42 Å². The summed E-state index contributed by atoms with van der Waals surface area (Å²) in [6.45, 7) is 2.23. The van der Waals surface area contributed by atoms with Gasteiger partial charge in [-0.2, -0.15) is 0 Å². The molecule has 1 N–H and O–H groups in total. The highest BCUT2D eigenvalue weighted by Crippen LogP contribution is 2.19. The van der Waals surface area contributed by atoms with Crippen LogP contribution in [0.15, 0.2) is 36.7 Å². The molecule has 90 valence electrons. The van der Waals surface area contributed by atoms with E-state index >= 15 is 0 Å². The third-order valence-electron chi connectivity index (χ3n) is 3.43. The van der Waals surface area contributed by atoms with Gasteiger partial charge in [-0.25, -0.2) is 0 Å². The van der Waals surface area contributed by atoms with Crippen molar-refractivity contribution in [2.75, 3.05) is 7.05 Å². The molecule has 2 aromatic rings. The van der Waals surface area contributed by atoms with Crippen molar-refractivity contribution in [3.8, 4) is 0 Å². The summed E-state index contributed by atoms with van der Waals surface area (Å²) >= 11 is 0. The highest BCUT2D eigenvalue weighted by molar-refractivity contribution is 5.84. The largest absolute Gasteiger partial charge is 0.317 e. The third kappa shape index (κ3) is 2.83. The maximum absolute atomic E-state index is 4.17. The van der Waals surface area contributed by atoms with Gasteiger partial charge in [-0.15, -0.1) is 0 Å². The van der Waals surface area contributed by atoms with Crippen LogP contribution in [0.4, 0.5) is 0 Å². The molecular formula is C15H20N2. The van der Waals surface area contributed by atoms with Crippen LogP contribution in [0.2, 0.25) is 0 Å². The van der Waals surface area contributed by atoms with Crippen LogP contribution < -0.4 is 5.32 Å². The van der Waals surface area contributed by atoms with Gasteiger partial charge in [0.25, 0.3) is 0 Å². The molecule has 1 unspecified atom stereocenters. The number of nitrogens with zero attached hydrogens (tertiary/aromatic N) is 1. The molecule has 1 aromatic carbocycles. The summed E-state index contributed by atoms with van der Waals surface area (Å²) in [5.41, 5.74) is 1.43. The number of aryl methyl sites for hydroxylation is 1. The van der Waals surface area contributed by atoms with Crippen LogP contribution in [0, 0.1) is 0 Å². The molecule has 0 aliphatic heterocycles. The second-order valence-electron chi connectivity index (χ2n) is 4.45. The van der Waals surface area contributed by atoms with E-state index in [0.717, 1.165) is 6.42 Å². The molecule has 2 heteroatoms. The van der Waals surface area contributed by atoms with Crippen molar-refractivity contribution in [1.82, 2.24) is 10.3 Å². The number of hydrogen-bond acceptors (Lipinski definition) is 2. The van der Waals surface area contributed by atoms with Gasteiger partial charge in [-0.1, -0.05) is 25.1 Å². The number of nitrogens with one attached hydrogen (secondary N) is 1. The molecule has 0 aliphatic carbocycles. The molecule has 2 rings (SSSR count). The average molecular weight is 228 g/mol. The number of hydrogen-bond donors (Lipinski definition) is 1. The van der Waals surface area contributed by atoms with Gasteiger partial charge in [-0.05, 0) is 43.3 Å². The van der Waals surface area contributed by atoms with Crippen molar-refractivity contribution >= 4 is 10.8 Å². The fourth-order valence-electron chi connectivity index (χ4n) is 2.29. The maximum atomic E-state index is 4.17. The molecule has 0 bridgehead atoms. The predicted molar refractivity (Wildman–Crippen MR) is 73.2 cm³/mol. The topological polar surface area (TPSA) is 24.9 Å². The molecule has 1 heterocycles. The second kappa shape index (κ2) is 5.78. The molecule has 0 radical (unpaired) electrons. The third-order valence-corrected chi connectivity index (χ3v) is 3.43. The lowest BCUT2D eigenvalue weighted by Crippen LogP contribution is -2.24. The molecule has 0 saturated carbocycles. The van der Waals surface area contributed by atoms with Crippen LogP contribution in [-0.4, -0.2) is 18.1 Å². The Morgan fingerprint density at radius 3 is 2.94 bits per heavy atom. The molecule has 17 heavy (non-hydrogen) atoms. The van der Waals surface area contributed by atoms with Crippen LogP contribution in [0.3, 0.4) is 0 Å². The first-order valence-corrected chi connectivity index (χ1v) is 6.34. The SMILES string of the molecule is CCC(CCc1cccc2cnccc12)NC. The predicted octanol–water partition coefficient (Wildman–Crippen LogP) is 3.17. The Morgan fingerprint density at radius 1 is 1.29 bits per heavy atom. The molecule has 0 saturated heterocycles. The quantitative estimate of drug-likeness (QED) is 0.850. The second-order valence-corrected chi connectivity index (χ2v) is 4.45. The number of pyridine rings is 1. The van der Waals surface area contributed by atoms with Gasteiger partial charge in [0, 0.05) is 23.8 Å². The molecule has 0 fully saturated rings. The smallest absolute Gasteiger partial charge is 0.0346 e. The number of benzene rings is 1. The summed E-state index contributed by atoms with van der Waals surface area (Å²) in [4.78, 5) is 4.17. The Kier molecular flexibility index (Phi) is 4.10. The van der Waals surface area contributed by atoms with Gasteiger partial charge in [0.2, 0.25) is 0 Å². The van der Waals surface area contributed by atoms with Gasteiger partial charge < -0.3 is 5.32 Å². The standard InChI is InChI=1S/C15H20N2/c1-3-14(16-2)8-7-12-5-4-6-13-11-17-10-9-15(12)13/h4-6,9-11,14,16H,3,7-8H2,1-2H3. The summed E-state index contributed by atoms with van der Waals surface area (Å²) in [7, 11) is 2.04. The van der Waals surface area contributed by atoms with Crippen LogP contribution in [0.25, 0.3) is 10.8 Å². The van der Waals surface area contributed by atoms with E-state index in [1.807, 2.05) is 19.4 Å². The van der Waals surface area contributed by atoms with E-state index in [1.54, 1.807) is 0 Å². The lowest BCUT2D eigenvalue weighted by atomic mass is 9.99. The fourth-order valence-corrected chi connectivity index (χ4v) is 2.29. The van der Waals surface area contributed by atoms with E-state index < -0.39 is 0 Å². The minimum Gasteiger partial charge on any atom is -0.317 e. The van der Waals surface area contributed by atoms with E-state index in [0.29, 0.717) is 6.04 Å². The first kappa shape index (κ1) is 12.1. The average Bonchev–Trinajstić information content (AvgIpc) is 2.40. The van der Waals surface area contributed by atoms with Crippen LogP contribution >= 0.6 is 0 Å². The van der Waals surface area contributed by atoms with Crippen molar-refractivity contribution in [3.63, 3.8) is 0 Å². The lowest BCUT2D eigenvalue weighted by molar-refractivity contribution is 0.509. The molecule has 2 nitrogen and oxygen atoms in total. The molecule has 0 spiro atoms. The van der Waals surface area contributed by atoms with Crippen molar-refractivity contribution in [2.24, 2.45) is 0 Å². The summed E-state index contributed by atoms with van der Waals surface area (Å²) < 4.78 is 0. The van der Waals surface area contributed by atoms with Gasteiger partial charge in [0.15, 0.2) is 0 Å². The van der Waals surface area contributed by atoms with E-state index in [2.05, 4.69) is 41.5 Å². The molecular weight excluding hydrogens is 208 g/mol. The highest BCUT2D eigenvalue weighted by atomic mass is 14.9. The van der Waals surface area contributed by atoms with E-state index in [9.17, 15) is 0 Å². The van der Waals surface area contributed by atoms with Crippen molar-refractivity contribution in [3.05, 3.63) is 42.2 Å². The van der Waals surface area contributed by atoms with E-state index in [4.69, 9.17) is 0 Å². The monoisotopic (exact) mass is 228 g/mol. The minimum absolute atomic E-state index is 0.618. The number of aromatic nitrogens is 1. The Morgan fingerprint density at radius 2 is 2.18 bits per heavy atom.